The first kappa shape index (κ1) is 20.2. The molecule has 0 saturated heterocycles. The molecule has 152 valence electrons. The van der Waals surface area contributed by atoms with Crippen LogP contribution in [-0.4, -0.2) is 34.9 Å². The van der Waals surface area contributed by atoms with E-state index in [1.165, 1.54) is 17.0 Å². The lowest BCUT2D eigenvalue weighted by atomic mass is 10.2. The van der Waals surface area contributed by atoms with E-state index in [1.807, 2.05) is 6.07 Å². The zero-order valence-corrected chi connectivity index (χ0v) is 16.3. The first-order valence-corrected chi connectivity index (χ1v) is 8.68. The van der Waals surface area contributed by atoms with Gasteiger partial charge in [-0.15, -0.1) is 0 Å². The van der Waals surface area contributed by atoms with Gasteiger partial charge in [0.2, 0.25) is 0 Å². The van der Waals surface area contributed by atoms with Gasteiger partial charge in [-0.05, 0) is 30.3 Å². The Bertz CT molecular complexity index is 1160. The largest absolute Gasteiger partial charge is 0.435 e. The zero-order valence-electron chi connectivity index (χ0n) is 16.3. The van der Waals surface area contributed by atoms with Gasteiger partial charge in [0.05, 0.1) is 17.3 Å². The number of hydrogen-bond acceptors (Lipinski definition) is 9. The van der Waals surface area contributed by atoms with Crippen LogP contribution in [0.25, 0.3) is 0 Å². The normalized spacial score (nSPS) is 10.2. The maximum atomic E-state index is 12.1. The average molecular weight is 405 g/mol. The molecule has 0 radical (unpaired) electrons. The van der Waals surface area contributed by atoms with E-state index in [0.29, 0.717) is 16.9 Å². The number of anilines is 3. The minimum atomic E-state index is -0.185. The molecule has 1 aromatic heterocycles. The molecule has 0 aliphatic carbocycles. The molecule has 1 heterocycles. The van der Waals surface area contributed by atoms with Crippen molar-refractivity contribution >= 4 is 23.1 Å². The number of carbonyl (C=O) groups excluding carboxylic acids is 1. The predicted octanol–water partition coefficient (Wildman–Crippen LogP) is 2.38. The van der Waals surface area contributed by atoms with Gasteiger partial charge in [-0.1, -0.05) is 6.07 Å². The van der Waals surface area contributed by atoms with Crippen molar-refractivity contribution in [2.75, 3.05) is 31.3 Å². The van der Waals surface area contributed by atoms with Crippen molar-refractivity contribution in [2.45, 2.75) is 0 Å². The van der Waals surface area contributed by atoms with Crippen LogP contribution in [0.5, 0.6) is 23.4 Å². The van der Waals surface area contributed by atoms with E-state index in [4.69, 9.17) is 31.9 Å². The minimum absolute atomic E-state index is 0.0133. The van der Waals surface area contributed by atoms with Gasteiger partial charge in [0.15, 0.2) is 11.6 Å². The smallest absolute Gasteiger partial charge is 0.327 e. The fourth-order valence-corrected chi connectivity index (χ4v) is 2.42. The van der Waals surface area contributed by atoms with Gasteiger partial charge >= 0.3 is 6.01 Å². The topological polar surface area (TPSA) is 166 Å². The lowest BCUT2D eigenvalue weighted by Crippen LogP contribution is -2.21. The first-order chi connectivity index (χ1) is 14.3. The molecule has 3 aromatic rings. The Kier molecular flexibility index (Phi) is 5.55. The number of carbonyl (C=O) groups is 1. The van der Waals surface area contributed by atoms with Crippen molar-refractivity contribution in [2.24, 2.45) is 0 Å². The van der Waals surface area contributed by atoms with E-state index < -0.39 is 0 Å². The fourth-order valence-electron chi connectivity index (χ4n) is 2.42. The van der Waals surface area contributed by atoms with E-state index in [1.54, 1.807) is 44.4 Å². The third-order valence-corrected chi connectivity index (χ3v) is 3.97. The fraction of sp³-hybridized carbons (Fsp3) is 0.100. The molecule has 0 aliphatic heterocycles. The molecule has 0 aliphatic rings. The Morgan fingerprint density at radius 1 is 1.07 bits per heavy atom. The van der Waals surface area contributed by atoms with E-state index >= 15 is 0 Å². The molecular formula is C20H19N7O3. The van der Waals surface area contributed by atoms with Gasteiger partial charge in [0.1, 0.15) is 11.4 Å². The highest BCUT2D eigenvalue weighted by molar-refractivity contribution is 5.94. The zero-order chi connectivity index (χ0) is 21.8. The third kappa shape index (κ3) is 4.31. The second-order valence-corrected chi connectivity index (χ2v) is 6.41. The average Bonchev–Trinajstić information content (AvgIpc) is 2.72. The number of rotatable bonds is 5. The van der Waals surface area contributed by atoms with Gasteiger partial charge in [-0.25, -0.2) is 0 Å². The quantitative estimate of drug-likeness (QED) is 0.540. The van der Waals surface area contributed by atoms with Crippen molar-refractivity contribution in [3.63, 3.8) is 0 Å². The lowest BCUT2D eigenvalue weighted by Gasteiger charge is -2.13. The number of aromatic nitrogens is 2. The van der Waals surface area contributed by atoms with Crippen LogP contribution in [0.4, 0.5) is 17.2 Å². The monoisotopic (exact) mass is 405 g/mol. The van der Waals surface area contributed by atoms with Crippen molar-refractivity contribution in [1.29, 1.82) is 5.26 Å². The van der Waals surface area contributed by atoms with Gasteiger partial charge in [0.25, 0.3) is 11.8 Å². The molecule has 10 heteroatoms. The number of nitrogens with zero attached hydrogens (tertiary/aromatic N) is 4. The molecule has 0 atom stereocenters. The van der Waals surface area contributed by atoms with Crippen molar-refractivity contribution in [3.05, 3.63) is 53.6 Å². The number of hydrogen-bond donors (Lipinski definition) is 3. The van der Waals surface area contributed by atoms with Crippen LogP contribution in [0.15, 0.2) is 42.5 Å². The molecule has 0 bridgehead atoms. The standard InChI is InChI=1S/C20H19N7O3/c1-27(2)19(28)12-4-3-5-13(9-12)29-20-25-17(24)16(23)18(26-20)30-15-8-11(10-21)6-7-14(15)22/h3-9H,22-23H2,1-2H3,(H2,24,25,26). The molecule has 30 heavy (non-hydrogen) atoms. The number of nitrogens with two attached hydrogens (primary N) is 3. The Hall–Kier alpha value is -4.52. The second-order valence-electron chi connectivity index (χ2n) is 6.41. The summed E-state index contributed by atoms with van der Waals surface area (Å²) in [5.74, 6) is 0.174. The van der Waals surface area contributed by atoms with Crippen LogP contribution in [0, 0.1) is 11.3 Å². The highest BCUT2D eigenvalue weighted by Crippen LogP contribution is 2.34. The molecule has 6 N–H and O–H groups in total. The molecule has 10 nitrogen and oxygen atoms in total. The summed E-state index contributed by atoms with van der Waals surface area (Å²) < 4.78 is 11.3. The molecule has 0 fully saturated rings. The Morgan fingerprint density at radius 3 is 2.53 bits per heavy atom. The molecule has 0 saturated carbocycles. The predicted molar refractivity (Wildman–Crippen MR) is 111 cm³/mol. The SMILES string of the molecule is CN(C)C(=O)c1cccc(Oc2nc(N)c(N)c(Oc3cc(C#N)ccc3N)n2)c1. The molecule has 0 spiro atoms. The maximum Gasteiger partial charge on any atom is 0.327 e. The Labute approximate surface area is 172 Å². The third-order valence-electron chi connectivity index (χ3n) is 3.97. The van der Waals surface area contributed by atoms with Crippen molar-refractivity contribution in [1.82, 2.24) is 14.9 Å². The van der Waals surface area contributed by atoms with Gasteiger partial charge < -0.3 is 31.6 Å². The minimum Gasteiger partial charge on any atom is -0.435 e. The summed E-state index contributed by atoms with van der Waals surface area (Å²) in [6.45, 7) is 0. The van der Waals surface area contributed by atoms with Gasteiger partial charge in [-0.3, -0.25) is 4.79 Å². The first-order valence-electron chi connectivity index (χ1n) is 8.68. The highest BCUT2D eigenvalue weighted by Gasteiger charge is 2.16. The summed E-state index contributed by atoms with van der Waals surface area (Å²) in [5.41, 5.74) is 18.7. The Balaban J connectivity index is 1.92. The molecule has 2 aromatic carbocycles. The summed E-state index contributed by atoms with van der Waals surface area (Å²) in [6, 6.07) is 12.9. The van der Waals surface area contributed by atoms with Gasteiger partial charge in [-0.2, -0.15) is 15.2 Å². The molecule has 0 unspecified atom stereocenters. The van der Waals surface area contributed by atoms with Crippen molar-refractivity contribution in [3.8, 4) is 29.5 Å². The number of benzene rings is 2. The second kappa shape index (κ2) is 8.24. The van der Waals surface area contributed by atoms with E-state index in [2.05, 4.69) is 9.97 Å². The number of ether oxygens (including phenoxy) is 2. The summed E-state index contributed by atoms with van der Waals surface area (Å²) in [5, 5.41) is 9.06. The molecule has 3 rings (SSSR count). The highest BCUT2D eigenvalue weighted by atomic mass is 16.5. The molecular weight excluding hydrogens is 386 g/mol. The van der Waals surface area contributed by atoms with E-state index in [9.17, 15) is 4.79 Å². The van der Waals surface area contributed by atoms with Crippen LogP contribution in [0.3, 0.4) is 0 Å². The Morgan fingerprint density at radius 2 is 1.83 bits per heavy atom. The number of amides is 1. The summed E-state index contributed by atoms with van der Waals surface area (Å²) >= 11 is 0. The van der Waals surface area contributed by atoms with Crippen LogP contribution in [-0.2, 0) is 0 Å². The van der Waals surface area contributed by atoms with Crippen LogP contribution in [0.1, 0.15) is 15.9 Å². The summed E-state index contributed by atoms with van der Waals surface area (Å²) in [4.78, 5) is 21.7. The lowest BCUT2D eigenvalue weighted by molar-refractivity contribution is 0.0827. The van der Waals surface area contributed by atoms with Crippen LogP contribution >= 0.6 is 0 Å². The van der Waals surface area contributed by atoms with Crippen molar-refractivity contribution < 1.29 is 14.3 Å². The van der Waals surface area contributed by atoms with E-state index in [-0.39, 0.29) is 40.7 Å². The number of nitrogen functional groups attached to an aromatic ring is 3. The number of nitriles is 1. The maximum absolute atomic E-state index is 12.1. The summed E-state index contributed by atoms with van der Waals surface area (Å²) in [7, 11) is 3.30. The molecule has 1 amide bonds. The van der Waals surface area contributed by atoms with Crippen LogP contribution < -0.4 is 26.7 Å². The van der Waals surface area contributed by atoms with Gasteiger partial charge in [0, 0.05) is 25.7 Å². The summed E-state index contributed by atoms with van der Waals surface area (Å²) in [6.07, 6.45) is 0. The van der Waals surface area contributed by atoms with Crippen LogP contribution in [0.2, 0.25) is 0 Å². The van der Waals surface area contributed by atoms with E-state index in [0.717, 1.165) is 0 Å².